The summed E-state index contributed by atoms with van der Waals surface area (Å²) in [5.74, 6) is -0.0178. The molecule has 1 heterocycles. The zero-order valence-electron chi connectivity index (χ0n) is 9.98. The highest BCUT2D eigenvalue weighted by Gasteiger charge is 2.10. The van der Waals surface area contributed by atoms with E-state index >= 15 is 0 Å². The number of nitrogens with zero attached hydrogens (tertiary/aromatic N) is 2. The lowest BCUT2D eigenvalue weighted by molar-refractivity contribution is 0.457. The van der Waals surface area contributed by atoms with Crippen molar-refractivity contribution >= 4 is 34.0 Å². The summed E-state index contributed by atoms with van der Waals surface area (Å²) in [6.07, 6.45) is 0. The molecule has 0 radical (unpaired) electrons. The topological polar surface area (TPSA) is 35.0 Å². The van der Waals surface area contributed by atoms with Gasteiger partial charge in [0.05, 0.1) is 5.02 Å². The van der Waals surface area contributed by atoms with E-state index in [1.807, 2.05) is 18.2 Å². The Morgan fingerprint density at radius 2 is 1.70 bits per heavy atom. The summed E-state index contributed by atoms with van der Waals surface area (Å²) >= 11 is 11.6. The summed E-state index contributed by atoms with van der Waals surface area (Å²) in [5.41, 5.74) is 0. The molecule has 100 valence electrons. The third kappa shape index (κ3) is 2.40. The van der Waals surface area contributed by atoms with Gasteiger partial charge in [0, 0.05) is 16.8 Å². The van der Waals surface area contributed by atoms with E-state index in [2.05, 4.69) is 10.2 Å². The van der Waals surface area contributed by atoms with Gasteiger partial charge in [-0.25, -0.2) is 4.39 Å². The van der Waals surface area contributed by atoms with E-state index in [-0.39, 0.29) is 21.8 Å². The predicted octanol–water partition coefficient (Wildman–Crippen LogP) is 4.87. The maximum atomic E-state index is 13.4. The van der Waals surface area contributed by atoms with E-state index in [9.17, 15) is 4.39 Å². The normalized spacial score (nSPS) is 10.8. The Kier molecular flexibility index (Phi) is 3.42. The second kappa shape index (κ2) is 5.23. The minimum absolute atomic E-state index is 0.0319. The van der Waals surface area contributed by atoms with Crippen LogP contribution in [0.25, 0.3) is 10.8 Å². The summed E-state index contributed by atoms with van der Waals surface area (Å²) in [6.45, 7) is 0. The predicted molar refractivity (Wildman–Crippen MR) is 76.0 cm³/mol. The molecule has 0 N–H and O–H groups in total. The minimum Gasteiger partial charge on any atom is -0.437 e. The van der Waals surface area contributed by atoms with Gasteiger partial charge in [0.25, 0.3) is 0 Å². The molecule has 0 unspecified atom stereocenters. The summed E-state index contributed by atoms with van der Waals surface area (Å²) in [6, 6.07) is 11.4. The first kappa shape index (κ1) is 13.1. The van der Waals surface area contributed by atoms with Gasteiger partial charge in [0.15, 0.2) is 5.15 Å². The SMILES string of the molecule is Fc1cc(Oc2nnc(Cl)c3ccccc23)ccc1Cl. The van der Waals surface area contributed by atoms with Crippen LogP contribution in [0.4, 0.5) is 4.39 Å². The number of fused-ring (bicyclic) bond motifs is 1. The van der Waals surface area contributed by atoms with Crippen molar-refractivity contribution < 1.29 is 9.13 Å². The molecule has 0 bridgehead atoms. The van der Waals surface area contributed by atoms with Crippen LogP contribution in [-0.4, -0.2) is 10.2 Å². The summed E-state index contributed by atoms with van der Waals surface area (Å²) < 4.78 is 18.9. The molecule has 0 aliphatic rings. The molecule has 1 aromatic heterocycles. The van der Waals surface area contributed by atoms with E-state index in [1.54, 1.807) is 12.1 Å². The van der Waals surface area contributed by atoms with Crippen LogP contribution < -0.4 is 4.74 Å². The molecule has 2 aromatic carbocycles. The van der Waals surface area contributed by atoms with Crippen LogP contribution in [0.15, 0.2) is 42.5 Å². The van der Waals surface area contributed by atoms with Gasteiger partial charge in [-0.3, -0.25) is 0 Å². The first-order valence-electron chi connectivity index (χ1n) is 5.69. The molecule has 3 rings (SSSR count). The lowest BCUT2D eigenvalue weighted by Crippen LogP contribution is -1.93. The van der Waals surface area contributed by atoms with Crippen molar-refractivity contribution in [1.29, 1.82) is 0 Å². The Labute approximate surface area is 123 Å². The van der Waals surface area contributed by atoms with Gasteiger partial charge >= 0.3 is 0 Å². The molecular formula is C14H7Cl2FN2O. The molecule has 6 heteroatoms. The van der Waals surface area contributed by atoms with Crippen LogP contribution in [0, 0.1) is 5.82 Å². The first-order chi connectivity index (χ1) is 9.65. The van der Waals surface area contributed by atoms with Crippen molar-refractivity contribution in [3.63, 3.8) is 0 Å². The molecular weight excluding hydrogens is 302 g/mol. The van der Waals surface area contributed by atoms with Crippen LogP contribution in [0.5, 0.6) is 11.6 Å². The van der Waals surface area contributed by atoms with E-state index < -0.39 is 5.82 Å². The lowest BCUT2D eigenvalue weighted by Gasteiger charge is -2.08. The number of ether oxygens (including phenoxy) is 1. The Morgan fingerprint density at radius 3 is 2.45 bits per heavy atom. The van der Waals surface area contributed by atoms with E-state index in [1.165, 1.54) is 12.1 Å². The van der Waals surface area contributed by atoms with Gasteiger partial charge in [-0.05, 0) is 18.2 Å². The molecule has 0 fully saturated rings. The van der Waals surface area contributed by atoms with Crippen molar-refractivity contribution in [3.8, 4) is 11.6 Å². The molecule has 3 nitrogen and oxygen atoms in total. The molecule has 3 aromatic rings. The molecule has 0 aliphatic heterocycles. The van der Waals surface area contributed by atoms with Gasteiger partial charge in [-0.2, -0.15) is 0 Å². The molecule has 0 amide bonds. The van der Waals surface area contributed by atoms with Crippen LogP contribution in [-0.2, 0) is 0 Å². The van der Waals surface area contributed by atoms with E-state index in [4.69, 9.17) is 27.9 Å². The zero-order chi connectivity index (χ0) is 14.1. The maximum absolute atomic E-state index is 13.4. The molecule has 0 aliphatic carbocycles. The van der Waals surface area contributed by atoms with Crippen molar-refractivity contribution in [2.45, 2.75) is 0 Å². The molecule has 0 saturated carbocycles. The smallest absolute Gasteiger partial charge is 0.246 e. The quantitative estimate of drug-likeness (QED) is 0.677. The fourth-order valence-corrected chi connectivity index (χ4v) is 2.09. The third-order valence-electron chi connectivity index (χ3n) is 2.71. The number of aromatic nitrogens is 2. The van der Waals surface area contributed by atoms with Crippen molar-refractivity contribution in [3.05, 3.63) is 58.5 Å². The highest BCUT2D eigenvalue weighted by atomic mass is 35.5. The largest absolute Gasteiger partial charge is 0.437 e. The Bertz CT molecular complexity index is 795. The zero-order valence-corrected chi connectivity index (χ0v) is 11.5. The van der Waals surface area contributed by atoms with Crippen LogP contribution in [0.3, 0.4) is 0 Å². The van der Waals surface area contributed by atoms with Gasteiger partial charge in [0.2, 0.25) is 5.88 Å². The fraction of sp³-hybridized carbons (Fsp3) is 0. The minimum atomic E-state index is -0.560. The first-order valence-corrected chi connectivity index (χ1v) is 6.44. The summed E-state index contributed by atoms with van der Waals surface area (Å²) in [4.78, 5) is 0. The molecule has 0 atom stereocenters. The second-order valence-electron chi connectivity index (χ2n) is 4.02. The average molecular weight is 309 g/mol. The number of rotatable bonds is 2. The molecule has 0 spiro atoms. The average Bonchev–Trinajstić information content (AvgIpc) is 2.46. The van der Waals surface area contributed by atoms with Crippen LogP contribution in [0.2, 0.25) is 10.2 Å². The van der Waals surface area contributed by atoms with Crippen molar-refractivity contribution in [1.82, 2.24) is 10.2 Å². The molecule has 20 heavy (non-hydrogen) atoms. The fourth-order valence-electron chi connectivity index (χ4n) is 1.77. The van der Waals surface area contributed by atoms with Crippen LogP contribution in [0.1, 0.15) is 0 Å². The van der Waals surface area contributed by atoms with Crippen LogP contribution >= 0.6 is 23.2 Å². The lowest BCUT2D eigenvalue weighted by atomic mass is 10.2. The monoisotopic (exact) mass is 308 g/mol. The third-order valence-corrected chi connectivity index (χ3v) is 3.30. The summed E-state index contributed by atoms with van der Waals surface area (Å²) in [5, 5.41) is 9.44. The van der Waals surface area contributed by atoms with Crippen molar-refractivity contribution in [2.75, 3.05) is 0 Å². The Morgan fingerprint density at radius 1 is 0.950 bits per heavy atom. The van der Waals surface area contributed by atoms with Gasteiger partial charge in [0.1, 0.15) is 11.6 Å². The van der Waals surface area contributed by atoms with E-state index in [0.717, 1.165) is 0 Å². The number of halogens is 3. The Balaban J connectivity index is 2.06. The number of hydrogen-bond donors (Lipinski definition) is 0. The Hall–Kier alpha value is -1.91. The molecule has 0 saturated heterocycles. The van der Waals surface area contributed by atoms with Crippen molar-refractivity contribution in [2.24, 2.45) is 0 Å². The highest BCUT2D eigenvalue weighted by Crippen LogP contribution is 2.31. The highest BCUT2D eigenvalue weighted by molar-refractivity contribution is 6.34. The number of hydrogen-bond acceptors (Lipinski definition) is 3. The number of benzene rings is 2. The van der Waals surface area contributed by atoms with Gasteiger partial charge in [-0.15, -0.1) is 10.2 Å². The van der Waals surface area contributed by atoms with Gasteiger partial charge < -0.3 is 4.74 Å². The second-order valence-corrected chi connectivity index (χ2v) is 4.78. The maximum Gasteiger partial charge on any atom is 0.246 e. The summed E-state index contributed by atoms with van der Waals surface area (Å²) in [7, 11) is 0. The van der Waals surface area contributed by atoms with Gasteiger partial charge in [-0.1, -0.05) is 41.4 Å². The van der Waals surface area contributed by atoms with E-state index in [0.29, 0.717) is 10.8 Å². The standard InChI is InChI=1S/C14H7Cl2FN2O/c15-11-6-5-8(7-12(11)17)20-14-10-4-2-1-3-9(10)13(16)18-19-14/h1-7H.